The Morgan fingerprint density at radius 1 is 1.26 bits per heavy atom. The highest BCUT2D eigenvalue weighted by Gasteiger charge is 2.10. The first-order chi connectivity index (χ1) is 9.20. The predicted octanol–water partition coefficient (Wildman–Crippen LogP) is 1.59. The van der Waals surface area contributed by atoms with Gasteiger partial charge in [0.25, 0.3) is 0 Å². The van der Waals surface area contributed by atoms with Gasteiger partial charge in [-0.05, 0) is 12.1 Å². The van der Waals surface area contributed by atoms with Crippen LogP contribution in [0.3, 0.4) is 0 Å². The molecule has 0 aliphatic carbocycles. The van der Waals surface area contributed by atoms with Gasteiger partial charge in [-0.3, -0.25) is 4.79 Å². The molecular formula is C14H10N2O3. The number of pyridine rings is 1. The van der Waals surface area contributed by atoms with Gasteiger partial charge in [0, 0.05) is 12.3 Å². The number of hydrogen-bond acceptors (Lipinski definition) is 4. The molecule has 94 valence electrons. The van der Waals surface area contributed by atoms with Crippen LogP contribution in [-0.2, 0) is 6.54 Å². The predicted molar refractivity (Wildman–Crippen MR) is 67.7 cm³/mol. The molecule has 0 aliphatic rings. The van der Waals surface area contributed by atoms with Gasteiger partial charge in [-0.2, -0.15) is 5.26 Å². The van der Waals surface area contributed by atoms with Gasteiger partial charge in [-0.25, -0.2) is 4.79 Å². The lowest BCUT2D eigenvalue weighted by Crippen LogP contribution is -2.16. The number of nitriles is 1. The Hall–Kier alpha value is -2.87. The van der Waals surface area contributed by atoms with Crippen molar-refractivity contribution in [3.8, 4) is 11.8 Å². The van der Waals surface area contributed by atoms with Crippen LogP contribution in [-0.4, -0.2) is 10.5 Å². The molecule has 1 heterocycles. The Morgan fingerprint density at radius 2 is 2.00 bits per heavy atom. The minimum Gasteiger partial charge on any atom is -0.417 e. The maximum Gasteiger partial charge on any atom is 0.343 e. The maximum absolute atomic E-state index is 11.8. The standard InChI is InChI=1S/C14H10N2O3/c15-7-9-16-8-6-12(17)13(10-16)19-14(18)11-4-2-1-3-5-11/h1-6,8,10H,9H2. The second-order valence-corrected chi connectivity index (χ2v) is 3.76. The van der Waals surface area contributed by atoms with Gasteiger partial charge in [-0.15, -0.1) is 0 Å². The third-order valence-corrected chi connectivity index (χ3v) is 2.41. The van der Waals surface area contributed by atoms with Crippen molar-refractivity contribution in [3.05, 3.63) is 64.6 Å². The molecule has 0 radical (unpaired) electrons. The van der Waals surface area contributed by atoms with E-state index in [0.29, 0.717) is 5.56 Å². The van der Waals surface area contributed by atoms with Gasteiger partial charge < -0.3 is 9.30 Å². The van der Waals surface area contributed by atoms with Gasteiger partial charge in [0.15, 0.2) is 5.75 Å². The number of hydrogen-bond donors (Lipinski definition) is 0. The fraction of sp³-hybridized carbons (Fsp3) is 0.0714. The van der Waals surface area contributed by atoms with Crippen LogP contribution in [0.25, 0.3) is 0 Å². The molecule has 0 atom stereocenters. The zero-order valence-electron chi connectivity index (χ0n) is 9.95. The van der Waals surface area contributed by atoms with Gasteiger partial charge in [0.1, 0.15) is 6.54 Å². The second-order valence-electron chi connectivity index (χ2n) is 3.76. The molecule has 5 nitrogen and oxygen atoms in total. The Labute approximate surface area is 109 Å². The zero-order chi connectivity index (χ0) is 13.7. The van der Waals surface area contributed by atoms with Crippen molar-refractivity contribution < 1.29 is 9.53 Å². The van der Waals surface area contributed by atoms with Crippen molar-refractivity contribution >= 4 is 5.97 Å². The molecule has 0 spiro atoms. The Morgan fingerprint density at radius 3 is 2.68 bits per heavy atom. The van der Waals surface area contributed by atoms with Gasteiger partial charge >= 0.3 is 5.97 Å². The van der Waals surface area contributed by atoms with Gasteiger partial charge in [0.05, 0.1) is 17.8 Å². The highest BCUT2D eigenvalue weighted by Crippen LogP contribution is 2.07. The molecule has 0 amide bonds. The van der Waals surface area contributed by atoms with E-state index >= 15 is 0 Å². The fourth-order valence-corrected chi connectivity index (χ4v) is 1.49. The number of esters is 1. The summed E-state index contributed by atoms with van der Waals surface area (Å²) in [6, 6.07) is 11.6. The molecule has 0 bridgehead atoms. The van der Waals surface area contributed by atoms with Crippen molar-refractivity contribution in [2.75, 3.05) is 0 Å². The third kappa shape index (κ3) is 3.07. The van der Waals surface area contributed by atoms with E-state index < -0.39 is 11.4 Å². The van der Waals surface area contributed by atoms with Crippen molar-refractivity contribution in [1.82, 2.24) is 4.57 Å². The van der Waals surface area contributed by atoms with E-state index in [9.17, 15) is 9.59 Å². The number of aromatic nitrogens is 1. The zero-order valence-corrected chi connectivity index (χ0v) is 9.95. The van der Waals surface area contributed by atoms with E-state index in [1.807, 2.05) is 6.07 Å². The molecule has 2 aromatic rings. The third-order valence-electron chi connectivity index (χ3n) is 2.41. The number of ether oxygens (including phenoxy) is 1. The number of carbonyl (C=O) groups is 1. The molecule has 1 aromatic heterocycles. The molecule has 0 unspecified atom stereocenters. The molecule has 0 fully saturated rings. The van der Waals surface area contributed by atoms with E-state index in [1.165, 1.54) is 23.0 Å². The summed E-state index contributed by atoms with van der Waals surface area (Å²) in [5.74, 6) is -0.695. The average Bonchev–Trinajstić information content (AvgIpc) is 2.44. The lowest BCUT2D eigenvalue weighted by atomic mass is 10.2. The van der Waals surface area contributed by atoms with Crippen molar-refractivity contribution in [3.63, 3.8) is 0 Å². The van der Waals surface area contributed by atoms with Crippen LogP contribution in [0.4, 0.5) is 0 Å². The SMILES string of the molecule is N#CCn1ccc(=O)c(OC(=O)c2ccccc2)c1. The van der Waals surface area contributed by atoms with Crippen molar-refractivity contribution in [2.24, 2.45) is 0 Å². The van der Waals surface area contributed by atoms with Crippen molar-refractivity contribution in [1.29, 1.82) is 5.26 Å². The van der Waals surface area contributed by atoms with Crippen LogP contribution in [0.1, 0.15) is 10.4 Å². The van der Waals surface area contributed by atoms with E-state index in [1.54, 1.807) is 30.3 Å². The number of carbonyl (C=O) groups excluding carboxylic acids is 1. The van der Waals surface area contributed by atoms with E-state index in [4.69, 9.17) is 10.00 Å². The first kappa shape index (κ1) is 12.6. The summed E-state index contributed by atoms with van der Waals surface area (Å²) in [6.07, 6.45) is 2.80. The first-order valence-electron chi connectivity index (χ1n) is 5.55. The minimum atomic E-state index is -0.604. The lowest BCUT2D eigenvalue weighted by Gasteiger charge is -2.06. The molecule has 0 aliphatic heterocycles. The molecule has 0 saturated carbocycles. The maximum atomic E-state index is 11.8. The van der Waals surface area contributed by atoms with E-state index in [-0.39, 0.29) is 12.3 Å². The minimum absolute atomic E-state index is 0.0795. The van der Waals surface area contributed by atoms with Crippen molar-refractivity contribution in [2.45, 2.75) is 6.54 Å². The Kier molecular flexibility index (Phi) is 3.74. The summed E-state index contributed by atoms with van der Waals surface area (Å²) >= 11 is 0. The van der Waals surface area contributed by atoms with E-state index in [2.05, 4.69) is 0 Å². The number of nitrogens with zero attached hydrogens (tertiary/aromatic N) is 2. The summed E-state index contributed by atoms with van der Waals surface area (Å²) in [5.41, 5.74) is -0.0453. The first-order valence-corrected chi connectivity index (χ1v) is 5.55. The quantitative estimate of drug-likeness (QED) is 0.780. The summed E-state index contributed by atoms with van der Waals surface area (Å²) < 4.78 is 6.50. The number of benzene rings is 1. The van der Waals surface area contributed by atoms with Crippen LogP contribution in [0.5, 0.6) is 5.75 Å². The Balaban J connectivity index is 2.24. The number of rotatable bonds is 3. The highest BCUT2D eigenvalue weighted by atomic mass is 16.5. The monoisotopic (exact) mass is 254 g/mol. The summed E-state index contributed by atoms with van der Waals surface area (Å²) in [7, 11) is 0. The van der Waals surface area contributed by atoms with Crippen LogP contribution >= 0.6 is 0 Å². The summed E-state index contributed by atoms with van der Waals surface area (Å²) in [5, 5.41) is 8.58. The molecule has 19 heavy (non-hydrogen) atoms. The normalized spacial score (nSPS) is 9.63. The lowest BCUT2D eigenvalue weighted by molar-refractivity contribution is 0.0732. The van der Waals surface area contributed by atoms with Crippen LogP contribution < -0.4 is 10.2 Å². The van der Waals surface area contributed by atoms with E-state index in [0.717, 1.165) is 0 Å². The highest BCUT2D eigenvalue weighted by molar-refractivity contribution is 5.90. The summed E-state index contributed by atoms with van der Waals surface area (Å²) in [6.45, 7) is 0.0795. The smallest absolute Gasteiger partial charge is 0.343 e. The molecular weight excluding hydrogens is 244 g/mol. The largest absolute Gasteiger partial charge is 0.417 e. The Bertz CT molecular complexity index is 684. The van der Waals surface area contributed by atoms with Crippen LogP contribution in [0, 0.1) is 11.3 Å². The molecule has 5 heteroatoms. The fourth-order valence-electron chi connectivity index (χ4n) is 1.49. The summed E-state index contributed by atoms with van der Waals surface area (Å²) in [4.78, 5) is 23.4. The average molecular weight is 254 g/mol. The van der Waals surface area contributed by atoms with Gasteiger partial charge in [-0.1, -0.05) is 18.2 Å². The topological polar surface area (TPSA) is 72.1 Å². The molecule has 1 aromatic carbocycles. The molecule has 0 N–H and O–H groups in total. The molecule has 2 rings (SSSR count). The van der Waals surface area contributed by atoms with Crippen LogP contribution in [0.15, 0.2) is 53.6 Å². The second kappa shape index (κ2) is 5.65. The van der Waals surface area contributed by atoms with Crippen LogP contribution in [0.2, 0.25) is 0 Å². The van der Waals surface area contributed by atoms with Gasteiger partial charge in [0.2, 0.25) is 5.43 Å². The molecule has 0 saturated heterocycles.